The van der Waals surface area contributed by atoms with E-state index in [1.165, 1.54) is 0 Å². The Hall–Kier alpha value is 1.95. The van der Waals surface area contributed by atoms with Gasteiger partial charge in [-0.2, -0.15) is 0 Å². The van der Waals surface area contributed by atoms with E-state index in [9.17, 15) is 19.8 Å². The van der Waals surface area contributed by atoms with Crippen LogP contribution in [0.5, 0.6) is 0 Å². The standard InChI is InChI=1S/C9H14O4.2K/c1-9(2,3)5-6(8(12)13)4-7(10)11;;/h4H,5H2,1-3H3,(H,10,11)(H,12,13);;/q;2*+1/p-2/b6-4-;;. The van der Waals surface area contributed by atoms with Gasteiger partial charge in [0.15, 0.2) is 0 Å². The number of aliphatic carboxylic acids is 2. The van der Waals surface area contributed by atoms with E-state index in [1.807, 2.05) is 0 Å². The van der Waals surface area contributed by atoms with E-state index in [0.29, 0.717) is 6.08 Å². The van der Waals surface area contributed by atoms with Gasteiger partial charge in [0.2, 0.25) is 0 Å². The molecule has 0 unspecified atom stereocenters. The average Bonchev–Trinajstić information content (AvgIpc) is 1.81. The summed E-state index contributed by atoms with van der Waals surface area (Å²) in [7, 11) is 0. The molecule has 0 rings (SSSR count). The van der Waals surface area contributed by atoms with Gasteiger partial charge in [0.1, 0.15) is 0 Å². The Morgan fingerprint density at radius 3 is 1.73 bits per heavy atom. The van der Waals surface area contributed by atoms with Crippen LogP contribution in [0, 0.1) is 5.41 Å². The molecule has 0 amide bonds. The minimum Gasteiger partial charge on any atom is -0.545 e. The zero-order valence-corrected chi connectivity index (χ0v) is 16.2. The molecule has 4 nitrogen and oxygen atoms in total. The minimum atomic E-state index is -1.51. The SMILES string of the molecule is CC(C)(C)C/C(=C/C(=O)[O-])C(=O)[O-].[K+].[K+]. The third kappa shape index (κ3) is 13.9. The summed E-state index contributed by atoms with van der Waals surface area (Å²) < 4.78 is 0. The first-order chi connectivity index (χ1) is 5.72. The number of hydrogen-bond donors (Lipinski definition) is 0. The second-order valence-corrected chi connectivity index (χ2v) is 4.01. The third-order valence-electron chi connectivity index (χ3n) is 1.28. The quantitative estimate of drug-likeness (QED) is 0.374. The van der Waals surface area contributed by atoms with Crippen LogP contribution >= 0.6 is 0 Å². The second-order valence-electron chi connectivity index (χ2n) is 4.01. The van der Waals surface area contributed by atoms with Crippen molar-refractivity contribution in [2.24, 2.45) is 5.41 Å². The molecule has 0 aromatic rings. The fraction of sp³-hybridized carbons (Fsp3) is 0.556. The van der Waals surface area contributed by atoms with Gasteiger partial charge in [-0.05, 0) is 23.5 Å². The number of carbonyl (C=O) groups is 2. The summed E-state index contributed by atoms with van der Waals surface area (Å²) in [5, 5.41) is 20.6. The first-order valence-electron chi connectivity index (χ1n) is 3.85. The minimum absolute atomic E-state index is 0. The average molecular weight is 262 g/mol. The van der Waals surface area contributed by atoms with Gasteiger partial charge in [0.05, 0.1) is 11.9 Å². The Morgan fingerprint density at radius 1 is 1.13 bits per heavy atom. The smallest absolute Gasteiger partial charge is 0.545 e. The summed E-state index contributed by atoms with van der Waals surface area (Å²) in [6.07, 6.45) is 0.712. The molecule has 74 valence electrons. The van der Waals surface area contributed by atoms with Crippen molar-refractivity contribution in [2.45, 2.75) is 27.2 Å². The van der Waals surface area contributed by atoms with Crippen molar-refractivity contribution in [2.75, 3.05) is 0 Å². The van der Waals surface area contributed by atoms with Crippen molar-refractivity contribution in [3.63, 3.8) is 0 Å². The van der Waals surface area contributed by atoms with E-state index < -0.39 is 11.9 Å². The molecule has 0 fully saturated rings. The van der Waals surface area contributed by atoms with E-state index in [2.05, 4.69) is 0 Å². The van der Waals surface area contributed by atoms with Crippen LogP contribution < -0.4 is 113 Å². The molecular formula is C9H12K2O4. The molecule has 0 spiro atoms. The van der Waals surface area contributed by atoms with Crippen LogP contribution in [0.25, 0.3) is 0 Å². The first-order valence-corrected chi connectivity index (χ1v) is 3.85. The van der Waals surface area contributed by atoms with Gasteiger partial charge in [-0.1, -0.05) is 20.8 Å². The van der Waals surface area contributed by atoms with Gasteiger partial charge >= 0.3 is 103 Å². The van der Waals surface area contributed by atoms with E-state index in [1.54, 1.807) is 20.8 Å². The Balaban J connectivity index is -0.000000720. The van der Waals surface area contributed by atoms with E-state index in [-0.39, 0.29) is 120 Å². The van der Waals surface area contributed by atoms with Crippen molar-refractivity contribution in [1.82, 2.24) is 0 Å². The molecule has 0 radical (unpaired) electrons. The molecule has 0 bridgehead atoms. The number of rotatable bonds is 3. The summed E-state index contributed by atoms with van der Waals surface area (Å²) in [6.45, 7) is 5.41. The monoisotopic (exact) mass is 262 g/mol. The number of hydrogen-bond acceptors (Lipinski definition) is 4. The number of carboxylic acids is 2. The Kier molecular flexibility index (Phi) is 14.7. The largest absolute Gasteiger partial charge is 1.00 e. The maximum absolute atomic E-state index is 10.4. The predicted molar refractivity (Wildman–Crippen MR) is 42.2 cm³/mol. The maximum Gasteiger partial charge on any atom is 1.00 e. The third-order valence-corrected chi connectivity index (χ3v) is 1.28. The van der Waals surface area contributed by atoms with Gasteiger partial charge in [-0.15, -0.1) is 0 Å². The van der Waals surface area contributed by atoms with Crippen molar-refractivity contribution >= 4 is 11.9 Å². The molecule has 0 aliphatic carbocycles. The van der Waals surface area contributed by atoms with E-state index in [0.717, 1.165) is 0 Å². The van der Waals surface area contributed by atoms with Gasteiger partial charge < -0.3 is 19.8 Å². The van der Waals surface area contributed by atoms with Crippen LogP contribution in [0.4, 0.5) is 0 Å². The maximum atomic E-state index is 10.4. The summed E-state index contributed by atoms with van der Waals surface area (Å²) in [5.41, 5.74) is -0.533. The van der Waals surface area contributed by atoms with Gasteiger partial charge in [0, 0.05) is 0 Å². The van der Waals surface area contributed by atoms with E-state index in [4.69, 9.17) is 0 Å². The normalized spacial score (nSPS) is 11.0. The number of carboxylic acid groups (broad SMARTS) is 2. The van der Waals surface area contributed by atoms with Crippen LogP contribution in [-0.2, 0) is 9.59 Å². The fourth-order valence-corrected chi connectivity index (χ4v) is 0.896. The van der Waals surface area contributed by atoms with Crippen LogP contribution in [0.2, 0.25) is 0 Å². The molecule has 0 aromatic carbocycles. The Bertz CT molecular complexity index is 253. The first kappa shape index (κ1) is 22.2. The molecule has 0 saturated heterocycles. The molecule has 0 aromatic heterocycles. The predicted octanol–water partition coefficient (Wildman–Crippen LogP) is -7.14. The second kappa shape index (κ2) is 9.93. The molecule has 15 heavy (non-hydrogen) atoms. The van der Waals surface area contributed by atoms with Crippen LogP contribution in [0.15, 0.2) is 11.6 Å². The molecule has 0 saturated carbocycles. The zero-order valence-electron chi connectivity index (χ0n) is 9.92. The van der Waals surface area contributed by atoms with Gasteiger partial charge in [0.25, 0.3) is 0 Å². The van der Waals surface area contributed by atoms with Crippen molar-refractivity contribution < 1.29 is 123 Å². The van der Waals surface area contributed by atoms with Gasteiger partial charge in [-0.25, -0.2) is 0 Å². The number of carbonyl (C=O) groups excluding carboxylic acids is 2. The Morgan fingerprint density at radius 2 is 1.53 bits per heavy atom. The van der Waals surface area contributed by atoms with E-state index >= 15 is 0 Å². The zero-order chi connectivity index (χ0) is 10.6. The van der Waals surface area contributed by atoms with Crippen molar-refractivity contribution in [3.05, 3.63) is 11.6 Å². The Labute approximate surface area is 175 Å². The molecule has 0 aliphatic rings. The summed E-state index contributed by atoms with van der Waals surface area (Å²) in [6, 6.07) is 0. The summed E-state index contributed by atoms with van der Waals surface area (Å²) in [4.78, 5) is 20.6. The molecule has 0 aliphatic heterocycles. The van der Waals surface area contributed by atoms with Crippen LogP contribution in [0.3, 0.4) is 0 Å². The summed E-state index contributed by atoms with van der Waals surface area (Å²) in [5.74, 6) is -2.97. The molecular weight excluding hydrogens is 250 g/mol. The molecule has 0 N–H and O–H groups in total. The summed E-state index contributed by atoms with van der Waals surface area (Å²) >= 11 is 0. The molecule has 0 heterocycles. The van der Waals surface area contributed by atoms with Crippen molar-refractivity contribution in [3.8, 4) is 0 Å². The van der Waals surface area contributed by atoms with Crippen LogP contribution in [0.1, 0.15) is 27.2 Å². The van der Waals surface area contributed by atoms with Crippen LogP contribution in [-0.4, -0.2) is 11.9 Å². The van der Waals surface area contributed by atoms with Crippen molar-refractivity contribution in [1.29, 1.82) is 0 Å². The molecule has 0 atom stereocenters. The molecule has 6 heteroatoms. The van der Waals surface area contributed by atoms with Gasteiger partial charge in [-0.3, -0.25) is 0 Å². The fourth-order valence-electron chi connectivity index (χ4n) is 0.896. The topological polar surface area (TPSA) is 80.3 Å².